The molecule has 0 fully saturated rings. The molecule has 3 rings (SSSR count). The van der Waals surface area contributed by atoms with Crippen LogP contribution in [0.3, 0.4) is 0 Å². The van der Waals surface area contributed by atoms with Crippen LogP contribution in [-0.4, -0.2) is 12.5 Å². The van der Waals surface area contributed by atoms with Crippen LogP contribution in [0.15, 0.2) is 46.5 Å². The van der Waals surface area contributed by atoms with Crippen LogP contribution in [0.5, 0.6) is 0 Å². The van der Waals surface area contributed by atoms with Crippen molar-refractivity contribution in [3.05, 3.63) is 56.9 Å². The zero-order valence-corrected chi connectivity index (χ0v) is 13.1. The van der Waals surface area contributed by atoms with Crippen LogP contribution in [0.4, 0.5) is 0 Å². The molecule has 3 aromatic heterocycles. The van der Waals surface area contributed by atoms with E-state index in [1.54, 1.807) is 34.0 Å². The van der Waals surface area contributed by atoms with Crippen LogP contribution in [0.25, 0.3) is 9.75 Å². The molecule has 0 unspecified atom stereocenters. The fraction of sp³-hybridized carbons (Fsp3) is 0.133. The number of hydrogen-bond acceptors (Lipinski definition) is 4. The third-order valence-electron chi connectivity index (χ3n) is 2.87. The Kier molecular flexibility index (Phi) is 4.30. The van der Waals surface area contributed by atoms with Gasteiger partial charge in [-0.25, -0.2) is 0 Å². The largest absolute Gasteiger partial charge is 0.352 e. The summed E-state index contributed by atoms with van der Waals surface area (Å²) in [5.41, 5.74) is 0.750. The smallest absolute Gasteiger partial charge is 0.252 e. The minimum Gasteiger partial charge on any atom is -0.352 e. The van der Waals surface area contributed by atoms with E-state index in [9.17, 15) is 4.79 Å². The van der Waals surface area contributed by atoms with Gasteiger partial charge < -0.3 is 5.32 Å². The van der Waals surface area contributed by atoms with Gasteiger partial charge in [0.2, 0.25) is 0 Å². The third kappa shape index (κ3) is 3.17. The fourth-order valence-electron chi connectivity index (χ4n) is 1.86. The minimum absolute atomic E-state index is 0.0151. The number of carbonyl (C=O) groups is 1. The number of rotatable bonds is 5. The second-order valence-electron chi connectivity index (χ2n) is 4.26. The molecule has 0 saturated carbocycles. The predicted octanol–water partition coefficient (Wildman–Crippen LogP) is 4.51. The molecule has 20 heavy (non-hydrogen) atoms. The summed E-state index contributed by atoms with van der Waals surface area (Å²) in [4.78, 5) is 15.7. The van der Waals surface area contributed by atoms with E-state index in [0.29, 0.717) is 6.54 Å². The van der Waals surface area contributed by atoms with Crippen molar-refractivity contribution in [3.8, 4) is 9.75 Å². The molecule has 1 N–H and O–H groups in total. The highest BCUT2D eigenvalue weighted by molar-refractivity contribution is 7.21. The van der Waals surface area contributed by atoms with Gasteiger partial charge in [0.1, 0.15) is 0 Å². The lowest BCUT2D eigenvalue weighted by molar-refractivity contribution is 0.0954. The van der Waals surface area contributed by atoms with Crippen molar-refractivity contribution in [1.82, 2.24) is 5.32 Å². The van der Waals surface area contributed by atoms with Gasteiger partial charge in [0.05, 0.1) is 0 Å². The summed E-state index contributed by atoms with van der Waals surface area (Å²) in [6.07, 6.45) is 0.881. The maximum atomic E-state index is 11.8. The first kappa shape index (κ1) is 13.5. The molecule has 0 radical (unpaired) electrons. The Morgan fingerprint density at radius 2 is 2.05 bits per heavy atom. The zero-order valence-electron chi connectivity index (χ0n) is 10.7. The number of carbonyl (C=O) groups excluding carboxylic acids is 1. The molecule has 0 aliphatic carbocycles. The van der Waals surface area contributed by atoms with Gasteiger partial charge in [-0.15, -0.1) is 22.7 Å². The van der Waals surface area contributed by atoms with E-state index in [1.165, 1.54) is 14.6 Å². The van der Waals surface area contributed by atoms with Crippen molar-refractivity contribution >= 4 is 39.9 Å². The normalized spacial score (nSPS) is 10.6. The highest BCUT2D eigenvalue weighted by atomic mass is 32.1. The first-order valence-electron chi connectivity index (χ1n) is 6.26. The van der Waals surface area contributed by atoms with Gasteiger partial charge in [0.15, 0.2) is 0 Å². The lowest BCUT2D eigenvalue weighted by Gasteiger charge is -2.01. The first-order valence-corrected chi connectivity index (χ1v) is 8.90. The van der Waals surface area contributed by atoms with Crippen LogP contribution in [0.2, 0.25) is 0 Å². The van der Waals surface area contributed by atoms with Gasteiger partial charge in [0.25, 0.3) is 5.91 Å². The van der Waals surface area contributed by atoms with Crippen LogP contribution in [0, 0.1) is 0 Å². The fourth-order valence-corrected chi connectivity index (χ4v) is 4.34. The van der Waals surface area contributed by atoms with E-state index in [1.807, 2.05) is 16.8 Å². The van der Waals surface area contributed by atoms with E-state index in [4.69, 9.17) is 0 Å². The van der Waals surface area contributed by atoms with Crippen molar-refractivity contribution in [3.63, 3.8) is 0 Å². The highest BCUT2D eigenvalue weighted by Gasteiger charge is 2.06. The third-order valence-corrected chi connectivity index (χ3v) is 5.76. The van der Waals surface area contributed by atoms with Crippen LogP contribution in [0.1, 0.15) is 15.2 Å². The van der Waals surface area contributed by atoms with Crippen LogP contribution >= 0.6 is 34.0 Å². The van der Waals surface area contributed by atoms with E-state index >= 15 is 0 Å². The van der Waals surface area contributed by atoms with Gasteiger partial charge in [-0.3, -0.25) is 4.79 Å². The van der Waals surface area contributed by atoms with E-state index in [0.717, 1.165) is 12.0 Å². The maximum Gasteiger partial charge on any atom is 0.252 e. The molecule has 5 heteroatoms. The summed E-state index contributed by atoms with van der Waals surface area (Å²) < 4.78 is 0. The second kappa shape index (κ2) is 6.35. The number of nitrogens with one attached hydrogen (secondary N) is 1. The Balaban J connectivity index is 1.53. The van der Waals surface area contributed by atoms with Crippen molar-refractivity contribution < 1.29 is 4.79 Å². The minimum atomic E-state index is 0.0151. The van der Waals surface area contributed by atoms with Crippen molar-refractivity contribution in [2.45, 2.75) is 6.42 Å². The molecular formula is C15H13NOS3. The first-order chi connectivity index (χ1) is 9.83. The van der Waals surface area contributed by atoms with Gasteiger partial charge in [-0.2, -0.15) is 11.3 Å². The van der Waals surface area contributed by atoms with E-state index in [2.05, 4.69) is 35.0 Å². The van der Waals surface area contributed by atoms with Crippen molar-refractivity contribution in [1.29, 1.82) is 0 Å². The lowest BCUT2D eigenvalue weighted by Crippen LogP contribution is -2.24. The number of amides is 1. The molecule has 3 heterocycles. The SMILES string of the molecule is O=C(NCCc1ccc(-c2cccs2)s1)c1ccsc1. The predicted molar refractivity (Wildman–Crippen MR) is 88.0 cm³/mol. The monoisotopic (exact) mass is 319 g/mol. The summed E-state index contributed by atoms with van der Waals surface area (Å²) in [6.45, 7) is 0.680. The Morgan fingerprint density at radius 3 is 2.80 bits per heavy atom. The van der Waals surface area contributed by atoms with Gasteiger partial charge in [-0.05, 0) is 41.4 Å². The molecule has 3 aromatic rings. The summed E-state index contributed by atoms with van der Waals surface area (Å²) in [5.74, 6) is 0.0151. The van der Waals surface area contributed by atoms with Crippen LogP contribution < -0.4 is 5.32 Å². The second-order valence-corrected chi connectivity index (χ2v) is 7.16. The molecule has 0 aliphatic heterocycles. The Morgan fingerprint density at radius 1 is 1.10 bits per heavy atom. The molecule has 0 bridgehead atoms. The summed E-state index contributed by atoms with van der Waals surface area (Å²) in [7, 11) is 0. The van der Waals surface area contributed by atoms with E-state index < -0.39 is 0 Å². The molecule has 1 amide bonds. The summed E-state index contributed by atoms with van der Waals surface area (Å²) in [6, 6.07) is 10.4. The van der Waals surface area contributed by atoms with Gasteiger partial charge in [-0.1, -0.05) is 6.07 Å². The van der Waals surface area contributed by atoms with Crippen LogP contribution in [-0.2, 0) is 6.42 Å². The Labute approximate surface area is 129 Å². The average Bonchev–Trinajstić information content (AvgIpc) is 3.20. The topological polar surface area (TPSA) is 29.1 Å². The van der Waals surface area contributed by atoms with Crippen molar-refractivity contribution in [2.24, 2.45) is 0 Å². The number of hydrogen-bond donors (Lipinski definition) is 1. The molecular weight excluding hydrogens is 306 g/mol. The quantitative estimate of drug-likeness (QED) is 0.736. The highest BCUT2D eigenvalue weighted by Crippen LogP contribution is 2.31. The average molecular weight is 319 g/mol. The summed E-state index contributed by atoms with van der Waals surface area (Å²) in [5, 5.41) is 8.84. The molecule has 0 aromatic carbocycles. The van der Waals surface area contributed by atoms with Crippen molar-refractivity contribution in [2.75, 3.05) is 6.54 Å². The molecule has 0 spiro atoms. The van der Waals surface area contributed by atoms with E-state index in [-0.39, 0.29) is 5.91 Å². The molecule has 0 atom stereocenters. The molecule has 102 valence electrons. The zero-order chi connectivity index (χ0) is 13.8. The Bertz CT molecular complexity index is 668. The molecule has 0 aliphatic rings. The molecule has 2 nitrogen and oxygen atoms in total. The number of thiophene rings is 3. The Hall–Kier alpha value is -1.43. The molecule has 0 saturated heterocycles. The lowest BCUT2D eigenvalue weighted by atomic mass is 10.3. The van der Waals surface area contributed by atoms with Gasteiger partial charge in [0, 0.05) is 32.1 Å². The van der Waals surface area contributed by atoms with Gasteiger partial charge >= 0.3 is 0 Å². The standard InChI is InChI=1S/C15H13NOS3/c17-15(11-6-9-18-10-11)16-7-5-12-3-4-14(20-12)13-2-1-8-19-13/h1-4,6,8-10H,5,7H2,(H,16,17). The maximum absolute atomic E-state index is 11.8. The summed E-state index contributed by atoms with van der Waals surface area (Å²) >= 11 is 5.10.